The van der Waals surface area contributed by atoms with E-state index in [2.05, 4.69) is 5.32 Å². The van der Waals surface area contributed by atoms with Crippen LogP contribution in [-0.2, 0) is 17.8 Å². The Balaban J connectivity index is 1.86. The van der Waals surface area contributed by atoms with Crippen molar-refractivity contribution >= 4 is 44.7 Å². The topological polar surface area (TPSA) is 93.3 Å². The number of thiophene rings is 1. The van der Waals surface area contributed by atoms with Gasteiger partial charge in [-0.3, -0.25) is 14.2 Å². The molecule has 2 aromatic heterocycles. The summed E-state index contributed by atoms with van der Waals surface area (Å²) in [4.78, 5) is 40.5. The lowest BCUT2D eigenvalue weighted by molar-refractivity contribution is -0.116. The van der Waals surface area contributed by atoms with Crippen LogP contribution >= 0.6 is 22.9 Å². The minimum atomic E-state index is -0.642. The molecular weight excluding hydrogens is 438 g/mol. The third-order valence-corrected chi connectivity index (χ3v) is 6.30. The predicted octanol–water partition coefficient (Wildman–Crippen LogP) is 3.77. The van der Waals surface area contributed by atoms with E-state index >= 15 is 0 Å². The number of hydrogen-bond donors (Lipinski definition) is 2. The summed E-state index contributed by atoms with van der Waals surface area (Å²) >= 11 is 7.37. The normalized spacial score (nSPS) is 11.0. The van der Waals surface area contributed by atoms with E-state index in [-0.39, 0.29) is 18.0 Å². The maximum absolute atomic E-state index is 13.3. The highest BCUT2D eigenvalue weighted by molar-refractivity contribution is 7.18. The Morgan fingerprint density at radius 2 is 1.90 bits per heavy atom. The number of aromatic nitrogens is 2. The lowest BCUT2D eigenvalue weighted by Crippen LogP contribution is -2.40. The highest BCUT2D eigenvalue weighted by Gasteiger charge is 2.19. The number of hydrogen-bond acceptors (Lipinski definition) is 5. The Kier molecular flexibility index (Phi) is 5.67. The molecular formula is C22H18ClN3O4S. The summed E-state index contributed by atoms with van der Waals surface area (Å²) < 4.78 is 2.30. The van der Waals surface area contributed by atoms with Crippen molar-refractivity contribution in [3.05, 3.63) is 85.3 Å². The van der Waals surface area contributed by atoms with Crippen LogP contribution in [0.15, 0.2) is 64.2 Å². The molecule has 2 heterocycles. The molecule has 0 aliphatic carbocycles. The Bertz CT molecular complexity index is 1420. The van der Waals surface area contributed by atoms with E-state index in [0.717, 1.165) is 9.44 Å². The fourth-order valence-electron chi connectivity index (χ4n) is 3.27. The fraction of sp³-hybridized carbons (Fsp3) is 0.136. The Morgan fingerprint density at radius 1 is 1.13 bits per heavy atom. The largest absolute Gasteiger partial charge is 0.506 e. The summed E-state index contributed by atoms with van der Waals surface area (Å²) in [6.07, 6.45) is 0.689. The van der Waals surface area contributed by atoms with Crippen LogP contribution < -0.4 is 16.6 Å². The van der Waals surface area contributed by atoms with Gasteiger partial charge >= 0.3 is 5.69 Å². The first-order valence-electron chi connectivity index (χ1n) is 9.51. The fourth-order valence-corrected chi connectivity index (χ4v) is 4.53. The molecule has 4 aromatic rings. The van der Waals surface area contributed by atoms with Crippen molar-refractivity contribution < 1.29 is 9.90 Å². The number of aryl methyl sites for hydroxylation is 1. The van der Waals surface area contributed by atoms with Crippen molar-refractivity contribution in [2.24, 2.45) is 0 Å². The number of fused-ring (bicyclic) bond motifs is 1. The molecule has 0 aliphatic heterocycles. The number of rotatable bonds is 5. The molecule has 0 fully saturated rings. The van der Waals surface area contributed by atoms with E-state index in [0.29, 0.717) is 27.3 Å². The van der Waals surface area contributed by atoms with Crippen molar-refractivity contribution in [1.82, 2.24) is 9.13 Å². The zero-order chi connectivity index (χ0) is 22.1. The quantitative estimate of drug-likeness (QED) is 0.448. The van der Waals surface area contributed by atoms with Gasteiger partial charge in [-0.25, -0.2) is 9.36 Å². The van der Waals surface area contributed by atoms with Gasteiger partial charge in [0, 0.05) is 9.90 Å². The van der Waals surface area contributed by atoms with Crippen LogP contribution in [0.25, 0.3) is 15.9 Å². The van der Waals surface area contributed by atoms with Gasteiger partial charge in [0.05, 0.1) is 16.8 Å². The highest BCUT2D eigenvalue weighted by atomic mass is 35.5. The van der Waals surface area contributed by atoms with Gasteiger partial charge in [0.15, 0.2) is 0 Å². The summed E-state index contributed by atoms with van der Waals surface area (Å²) in [6, 6.07) is 14.5. The molecule has 2 aromatic carbocycles. The summed E-state index contributed by atoms with van der Waals surface area (Å²) in [5.74, 6) is -0.589. The van der Waals surface area contributed by atoms with Crippen LogP contribution in [0.5, 0.6) is 5.75 Å². The van der Waals surface area contributed by atoms with Crippen molar-refractivity contribution in [1.29, 1.82) is 0 Å². The first kappa shape index (κ1) is 20.9. The average molecular weight is 456 g/mol. The Labute approximate surface area is 185 Å². The van der Waals surface area contributed by atoms with Gasteiger partial charge < -0.3 is 10.4 Å². The molecule has 0 saturated carbocycles. The second kappa shape index (κ2) is 8.41. The summed E-state index contributed by atoms with van der Waals surface area (Å²) in [5, 5.41) is 13.2. The van der Waals surface area contributed by atoms with E-state index in [9.17, 15) is 19.5 Å². The van der Waals surface area contributed by atoms with Crippen molar-refractivity contribution in [3.8, 4) is 11.4 Å². The van der Waals surface area contributed by atoms with Crippen LogP contribution in [0, 0.1) is 0 Å². The number of benzene rings is 2. The minimum Gasteiger partial charge on any atom is -0.506 e. The molecule has 0 spiro atoms. The minimum absolute atomic E-state index is 0.0818. The van der Waals surface area contributed by atoms with E-state index in [4.69, 9.17) is 11.6 Å². The Morgan fingerprint density at radius 3 is 2.61 bits per heavy atom. The summed E-state index contributed by atoms with van der Waals surface area (Å²) in [5.41, 5.74) is -0.545. The maximum Gasteiger partial charge on any atom is 0.337 e. The van der Waals surface area contributed by atoms with Crippen molar-refractivity contribution in [3.63, 3.8) is 0 Å². The number of halogens is 1. The van der Waals surface area contributed by atoms with E-state index < -0.39 is 17.2 Å². The summed E-state index contributed by atoms with van der Waals surface area (Å²) in [7, 11) is 0. The molecule has 0 radical (unpaired) electrons. The van der Waals surface area contributed by atoms with Crippen LogP contribution in [0.1, 0.15) is 11.8 Å². The van der Waals surface area contributed by atoms with Gasteiger partial charge in [-0.1, -0.05) is 36.7 Å². The molecule has 0 unspecified atom stereocenters. The van der Waals surface area contributed by atoms with Gasteiger partial charge in [0.2, 0.25) is 5.91 Å². The second-order valence-corrected chi connectivity index (χ2v) is 8.39. The van der Waals surface area contributed by atoms with Crippen molar-refractivity contribution in [2.45, 2.75) is 19.9 Å². The zero-order valence-corrected chi connectivity index (χ0v) is 18.0. The molecule has 0 aliphatic rings. The number of carbonyl (C=O) groups excluding carboxylic acids is 1. The molecule has 0 atom stereocenters. The molecule has 0 bridgehead atoms. The standard InChI is InChI=1S/C22H18ClN3O4S/c1-2-15-11-16-20(29)26(14-7-5-6-13(23)10-14)22(30)25(21(16)31-15)12-19(28)24-17-8-3-4-9-18(17)27/h3-11,27H,2,12H2,1H3,(H,24,28). The number of anilines is 1. The Hall–Kier alpha value is -3.36. The molecule has 7 nitrogen and oxygen atoms in total. The van der Waals surface area contributed by atoms with Crippen LogP contribution in [-0.4, -0.2) is 20.1 Å². The van der Waals surface area contributed by atoms with E-state index in [1.165, 1.54) is 28.0 Å². The first-order valence-corrected chi connectivity index (χ1v) is 10.7. The first-order chi connectivity index (χ1) is 14.9. The molecule has 158 valence electrons. The number of nitrogens with zero attached hydrogens (tertiary/aromatic N) is 2. The monoisotopic (exact) mass is 455 g/mol. The molecule has 4 rings (SSSR count). The number of para-hydroxylation sites is 2. The number of phenolic OH excluding ortho intramolecular Hbond substituents is 1. The van der Waals surface area contributed by atoms with E-state index in [1.807, 2.05) is 6.92 Å². The number of amides is 1. The molecule has 1 amide bonds. The number of nitrogens with one attached hydrogen (secondary N) is 1. The van der Waals surface area contributed by atoms with Gasteiger partial charge in [0.1, 0.15) is 17.1 Å². The number of phenols is 1. The van der Waals surface area contributed by atoms with E-state index in [1.54, 1.807) is 42.5 Å². The van der Waals surface area contributed by atoms with Gasteiger partial charge in [0.25, 0.3) is 5.56 Å². The molecule has 9 heteroatoms. The average Bonchev–Trinajstić information content (AvgIpc) is 3.18. The molecule has 31 heavy (non-hydrogen) atoms. The second-order valence-electron chi connectivity index (χ2n) is 6.84. The highest BCUT2D eigenvalue weighted by Crippen LogP contribution is 2.24. The predicted molar refractivity (Wildman–Crippen MR) is 123 cm³/mol. The SMILES string of the molecule is CCc1cc2c(=O)n(-c3cccc(Cl)c3)c(=O)n(CC(=O)Nc3ccccc3O)c2s1. The lowest BCUT2D eigenvalue weighted by atomic mass is 10.3. The smallest absolute Gasteiger partial charge is 0.337 e. The van der Waals surface area contributed by atoms with Gasteiger partial charge in [-0.15, -0.1) is 11.3 Å². The van der Waals surface area contributed by atoms with Gasteiger partial charge in [-0.2, -0.15) is 0 Å². The van der Waals surface area contributed by atoms with Crippen LogP contribution in [0.3, 0.4) is 0 Å². The lowest BCUT2D eigenvalue weighted by Gasteiger charge is -2.13. The van der Waals surface area contributed by atoms with Gasteiger partial charge in [-0.05, 0) is 42.8 Å². The van der Waals surface area contributed by atoms with Crippen LogP contribution in [0.2, 0.25) is 5.02 Å². The number of carbonyl (C=O) groups is 1. The maximum atomic E-state index is 13.3. The number of aromatic hydroxyl groups is 1. The summed E-state index contributed by atoms with van der Waals surface area (Å²) in [6.45, 7) is 1.63. The zero-order valence-electron chi connectivity index (χ0n) is 16.5. The van der Waals surface area contributed by atoms with Crippen molar-refractivity contribution in [2.75, 3.05) is 5.32 Å². The van der Waals surface area contributed by atoms with Crippen LogP contribution in [0.4, 0.5) is 5.69 Å². The third-order valence-electron chi connectivity index (χ3n) is 4.76. The molecule has 2 N–H and O–H groups in total. The molecule has 0 saturated heterocycles. The third kappa shape index (κ3) is 3.99.